The second-order valence-electron chi connectivity index (χ2n) is 7.39. The molecule has 4 heterocycles. The summed E-state index contributed by atoms with van der Waals surface area (Å²) in [7, 11) is 0. The number of benzene rings is 1. The van der Waals surface area contributed by atoms with Crippen LogP contribution in [-0.4, -0.2) is 41.8 Å². The van der Waals surface area contributed by atoms with Gasteiger partial charge in [0.25, 0.3) is 0 Å². The number of nitrogens with zero attached hydrogens (tertiary/aromatic N) is 2. The first kappa shape index (κ1) is 15.4. The van der Waals surface area contributed by atoms with E-state index in [2.05, 4.69) is 26.3 Å². The van der Waals surface area contributed by atoms with Crippen LogP contribution in [0.2, 0.25) is 0 Å². The molecule has 0 unspecified atom stereocenters. The zero-order chi connectivity index (χ0) is 17.7. The highest BCUT2D eigenvalue weighted by Crippen LogP contribution is 2.41. The number of fused-ring (bicyclic) bond motifs is 3. The Kier molecular flexibility index (Phi) is 3.29. The van der Waals surface area contributed by atoms with E-state index in [9.17, 15) is 9.59 Å². The summed E-state index contributed by atoms with van der Waals surface area (Å²) in [6.45, 7) is 2.31. The smallest absolute Gasteiger partial charge is 0.228 e. The fraction of sp³-hybridized carbons (Fsp3) is 0.350. The molecule has 2 aliphatic rings. The van der Waals surface area contributed by atoms with Gasteiger partial charge in [-0.2, -0.15) is 0 Å². The van der Waals surface area contributed by atoms with Gasteiger partial charge in [0.15, 0.2) is 6.29 Å². The van der Waals surface area contributed by atoms with Crippen molar-refractivity contribution in [2.45, 2.75) is 19.3 Å². The molecule has 2 aromatic heterocycles. The second kappa shape index (κ2) is 5.56. The van der Waals surface area contributed by atoms with Crippen molar-refractivity contribution in [2.75, 3.05) is 24.5 Å². The number of nitrogens with one attached hydrogen (secondary N) is 2. The molecule has 0 radical (unpaired) electrons. The standard InChI is InChI=1S/C20H20N4O2/c25-11-13-10-22-18(16-14-4-1-2-5-15(14)23-17(13)16)24-9-3-6-20(12-24)7-8-21-19(20)26/h1-2,4-5,10-11,23H,3,6-9,12H2,(H,21,26)/t20-/m1/s1. The number of carbonyl (C=O) groups excluding carboxylic acids is 2. The molecule has 5 rings (SSSR count). The number of rotatable bonds is 2. The predicted molar refractivity (Wildman–Crippen MR) is 100 cm³/mol. The molecule has 1 amide bonds. The van der Waals surface area contributed by atoms with Gasteiger partial charge in [-0.25, -0.2) is 4.98 Å². The normalized spacial score (nSPS) is 23.1. The van der Waals surface area contributed by atoms with Crippen LogP contribution < -0.4 is 10.2 Å². The molecular weight excluding hydrogens is 328 g/mol. The number of hydrogen-bond donors (Lipinski definition) is 2. The summed E-state index contributed by atoms with van der Waals surface area (Å²) in [5, 5.41) is 5.03. The van der Waals surface area contributed by atoms with Gasteiger partial charge in [0.1, 0.15) is 5.82 Å². The van der Waals surface area contributed by atoms with Gasteiger partial charge in [0, 0.05) is 36.7 Å². The van der Waals surface area contributed by atoms with Crippen LogP contribution >= 0.6 is 0 Å². The Hall–Kier alpha value is -2.89. The summed E-state index contributed by atoms with van der Waals surface area (Å²) in [6.07, 6.45) is 5.26. The molecule has 0 aliphatic carbocycles. The van der Waals surface area contributed by atoms with Crippen LogP contribution in [0, 0.1) is 5.41 Å². The SMILES string of the molecule is O=Cc1cnc(N2CCC[C@@]3(CCNC3=O)C2)c2c1[nH]c1ccccc12. The van der Waals surface area contributed by atoms with Crippen molar-refractivity contribution >= 4 is 39.8 Å². The lowest BCUT2D eigenvalue weighted by Gasteiger charge is -2.39. The first-order valence-electron chi connectivity index (χ1n) is 9.10. The van der Waals surface area contributed by atoms with Crippen LogP contribution in [0.3, 0.4) is 0 Å². The number of amides is 1. The maximum Gasteiger partial charge on any atom is 0.228 e. The number of para-hydroxylation sites is 1. The summed E-state index contributed by atoms with van der Waals surface area (Å²) in [5.74, 6) is 1.03. The minimum Gasteiger partial charge on any atom is -0.356 e. The maximum atomic E-state index is 12.4. The number of aromatic amines is 1. The highest BCUT2D eigenvalue weighted by atomic mass is 16.2. The molecule has 1 atom stereocenters. The van der Waals surface area contributed by atoms with E-state index < -0.39 is 0 Å². The lowest BCUT2D eigenvalue weighted by Crippen LogP contribution is -2.47. The number of aldehydes is 1. The maximum absolute atomic E-state index is 12.4. The molecule has 2 saturated heterocycles. The molecule has 6 nitrogen and oxygen atoms in total. The lowest BCUT2D eigenvalue weighted by molar-refractivity contribution is -0.128. The summed E-state index contributed by atoms with van der Waals surface area (Å²) in [4.78, 5) is 34.2. The Labute approximate surface area is 150 Å². The van der Waals surface area contributed by atoms with E-state index in [1.165, 1.54) is 0 Å². The molecular formula is C20H20N4O2. The monoisotopic (exact) mass is 348 g/mol. The quantitative estimate of drug-likeness (QED) is 0.698. The third kappa shape index (κ3) is 2.08. The zero-order valence-electron chi connectivity index (χ0n) is 14.4. The van der Waals surface area contributed by atoms with Crippen molar-refractivity contribution in [3.05, 3.63) is 36.0 Å². The molecule has 3 aromatic rings. The fourth-order valence-corrected chi connectivity index (χ4v) is 4.60. The first-order valence-corrected chi connectivity index (χ1v) is 9.10. The molecule has 2 aliphatic heterocycles. The van der Waals surface area contributed by atoms with Gasteiger partial charge < -0.3 is 15.2 Å². The number of anilines is 1. The van der Waals surface area contributed by atoms with Crippen molar-refractivity contribution in [3.63, 3.8) is 0 Å². The Morgan fingerprint density at radius 1 is 1.23 bits per heavy atom. The van der Waals surface area contributed by atoms with Crippen LogP contribution in [0.25, 0.3) is 21.8 Å². The minimum atomic E-state index is -0.304. The van der Waals surface area contributed by atoms with Crippen LogP contribution in [0.5, 0.6) is 0 Å². The van der Waals surface area contributed by atoms with Crippen LogP contribution in [0.15, 0.2) is 30.5 Å². The second-order valence-corrected chi connectivity index (χ2v) is 7.39. The predicted octanol–water partition coefficient (Wildman–Crippen LogP) is 2.64. The van der Waals surface area contributed by atoms with Gasteiger partial charge in [-0.1, -0.05) is 18.2 Å². The minimum absolute atomic E-state index is 0.168. The summed E-state index contributed by atoms with van der Waals surface area (Å²) in [6, 6.07) is 8.03. The average molecular weight is 348 g/mol. The van der Waals surface area contributed by atoms with Gasteiger partial charge in [-0.05, 0) is 25.3 Å². The van der Waals surface area contributed by atoms with Gasteiger partial charge in [-0.3, -0.25) is 9.59 Å². The van der Waals surface area contributed by atoms with Crippen LogP contribution in [-0.2, 0) is 4.79 Å². The number of piperidine rings is 1. The molecule has 26 heavy (non-hydrogen) atoms. The van der Waals surface area contributed by atoms with E-state index in [4.69, 9.17) is 0 Å². The number of hydrogen-bond acceptors (Lipinski definition) is 4. The average Bonchev–Trinajstić information content (AvgIpc) is 3.22. The van der Waals surface area contributed by atoms with Crippen LogP contribution in [0.1, 0.15) is 29.6 Å². The third-order valence-electron chi connectivity index (χ3n) is 5.92. The third-order valence-corrected chi connectivity index (χ3v) is 5.92. The molecule has 1 spiro atoms. The van der Waals surface area contributed by atoms with Gasteiger partial charge in [0.2, 0.25) is 5.91 Å². The largest absolute Gasteiger partial charge is 0.356 e. The topological polar surface area (TPSA) is 78.1 Å². The van der Waals surface area contributed by atoms with E-state index in [0.29, 0.717) is 12.1 Å². The van der Waals surface area contributed by atoms with Crippen molar-refractivity contribution in [2.24, 2.45) is 5.41 Å². The number of H-pyrrole nitrogens is 1. The Balaban J connectivity index is 1.69. The first-order chi connectivity index (χ1) is 12.7. The molecule has 0 saturated carbocycles. The molecule has 2 N–H and O–H groups in total. The summed E-state index contributed by atoms with van der Waals surface area (Å²) >= 11 is 0. The number of aromatic nitrogens is 2. The van der Waals surface area contributed by atoms with Crippen molar-refractivity contribution in [1.29, 1.82) is 0 Å². The molecule has 1 aromatic carbocycles. The Morgan fingerprint density at radius 2 is 2.12 bits per heavy atom. The molecule has 6 heteroatoms. The molecule has 132 valence electrons. The highest BCUT2D eigenvalue weighted by Gasteiger charge is 2.45. The molecule has 2 fully saturated rings. The fourth-order valence-electron chi connectivity index (χ4n) is 4.60. The summed E-state index contributed by atoms with van der Waals surface area (Å²) in [5.41, 5.74) is 2.07. The van der Waals surface area contributed by atoms with Crippen molar-refractivity contribution < 1.29 is 9.59 Å². The zero-order valence-corrected chi connectivity index (χ0v) is 14.4. The van der Waals surface area contributed by atoms with E-state index in [0.717, 1.165) is 66.3 Å². The van der Waals surface area contributed by atoms with Crippen molar-refractivity contribution in [3.8, 4) is 0 Å². The van der Waals surface area contributed by atoms with E-state index >= 15 is 0 Å². The molecule has 0 bridgehead atoms. The number of carbonyl (C=O) groups is 2. The van der Waals surface area contributed by atoms with Crippen molar-refractivity contribution in [1.82, 2.24) is 15.3 Å². The van der Waals surface area contributed by atoms with E-state index in [-0.39, 0.29) is 11.3 Å². The number of pyridine rings is 1. The lowest BCUT2D eigenvalue weighted by atomic mass is 9.78. The summed E-state index contributed by atoms with van der Waals surface area (Å²) < 4.78 is 0. The Bertz CT molecular complexity index is 1040. The van der Waals surface area contributed by atoms with E-state index in [1.807, 2.05) is 18.2 Å². The van der Waals surface area contributed by atoms with Gasteiger partial charge in [-0.15, -0.1) is 0 Å². The van der Waals surface area contributed by atoms with Gasteiger partial charge >= 0.3 is 0 Å². The highest BCUT2D eigenvalue weighted by molar-refractivity contribution is 6.16. The van der Waals surface area contributed by atoms with E-state index in [1.54, 1.807) is 6.20 Å². The van der Waals surface area contributed by atoms with Crippen LogP contribution in [0.4, 0.5) is 5.82 Å². The van der Waals surface area contributed by atoms with Gasteiger partial charge in [0.05, 0.1) is 21.9 Å². The Morgan fingerprint density at radius 3 is 2.92 bits per heavy atom.